The second-order valence-corrected chi connectivity index (χ2v) is 3.16. The van der Waals surface area contributed by atoms with Gasteiger partial charge in [-0.1, -0.05) is 0 Å². The Morgan fingerprint density at radius 1 is 1.33 bits per heavy atom. The minimum Gasteiger partial charge on any atom is -0.396 e. The van der Waals surface area contributed by atoms with Crippen molar-refractivity contribution in [3.63, 3.8) is 0 Å². The number of nitrogen functional groups attached to an aromatic ring is 1. The number of anilines is 1. The van der Waals surface area contributed by atoms with E-state index in [-0.39, 0.29) is 0 Å². The third-order valence-electron chi connectivity index (χ3n) is 2.16. The number of hydrogen-bond donors (Lipinski definition) is 3. The molecule has 0 unspecified atom stereocenters. The van der Waals surface area contributed by atoms with Gasteiger partial charge < -0.3 is 10.7 Å². The molecule has 3 aromatic heterocycles. The Kier molecular flexibility index (Phi) is 1.49. The van der Waals surface area contributed by atoms with Crippen LogP contribution < -0.4 is 5.73 Å². The van der Waals surface area contributed by atoms with Crippen LogP contribution in [-0.2, 0) is 0 Å². The molecule has 0 bridgehead atoms. The van der Waals surface area contributed by atoms with Crippen LogP contribution in [0.25, 0.3) is 22.7 Å². The Bertz CT molecular complexity index is 575. The fraction of sp³-hybridized carbons (Fsp3) is 0. The molecule has 0 aliphatic carbocycles. The molecule has 3 aromatic rings. The van der Waals surface area contributed by atoms with Gasteiger partial charge in [0.05, 0.1) is 17.4 Å². The molecular formula is C9H8N6. The Hall–Kier alpha value is -2.37. The quantitative estimate of drug-likeness (QED) is 0.544. The fourth-order valence-electron chi connectivity index (χ4n) is 1.45. The zero-order chi connectivity index (χ0) is 10.3. The number of nitrogens with two attached hydrogens (primary N) is 1. The van der Waals surface area contributed by atoms with E-state index in [0.29, 0.717) is 22.9 Å². The monoisotopic (exact) mass is 200 g/mol. The molecule has 0 aliphatic rings. The van der Waals surface area contributed by atoms with E-state index in [0.717, 1.165) is 5.52 Å². The van der Waals surface area contributed by atoms with E-state index in [4.69, 9.17) is 5.73 Å². The molecule has 0 atom stereocenters. The zero-order valence-electron chi connectivity index (χ0n) is 7.73. The number of aromatic nitrogens is 5. The summed E-state index contributed by atoms with van der Waals surface area (Å²) >= 11 is 0. The first kappa shape index (κ1) is 7.98. The molecule has 3 rings (SSSR count). The number of pyridine rings is 1. The van der Waals surface area contributed by atoms with Gasteiger partial charge in [-0.25, -0.2) is 9.97 Å². The van der Waals surface area contributed by atoms with Crippen LogP contribution in [0, 0.1) is 0 Å². The maximum atomic E-state index is 5.72. The summed E-state index contributed by atoms with van der Waals surface area (Å²) in [4.78, 5) is 11.5. The van der Waals surface area contributed by atoms with Crippen LogP contribution in [0.5, 0.6) is 0 Å². The van der Waals surface area contributed by atoms with E-state index in [1.54, 1.807) is 12.4 Å². The van der Waals surface area contributed by atoms with Gasteiger partial charge in [0.1, 0.15) is 5.69 Å². The topological polar surface area (TPSA) is 96.3 Å². The molecule has 0 amide bonds. The van der Waals surface area contributed by atoms with E-state index in [2.05, 4.69) is 25.1 Å². The summed E-state index contributed by atoms with van der Waals surface area (Å²) in [5.41, 5.74) is 8.52. The highest BCUT2D eigenvalue weighted by Crippen LogP contribution is 2.21. The second kappa shape index (κ2) is 2.81. The number of rotatable bonds is 1. The van der Waals surface area contributed by atoms with Crippen LogP contribution in [0.4, 0.5) is 5.69 Å². The molecule has 6 heteroatoms. The Labute approximate surface area is 84.6 Å². The van der Waals surface area contributed by atoms with Gasteiger partial charge in [0.2, 0.25) is 0 Å². The third kappa shape index (κ3) is 1.15. The van der Waals surface area contributed by atoms with E-state index in [9.17, 15) is 0 Å². The number of hydrogen-bond acceptors (Lipinski definition) is 4. The summed E-state index contributed by atoms with van der Waals surface area (Å²) in [5.74, 6) is 0.652. The fourth-order valence-corrected chi connectivity index (χ4v) is 1.45. The van der Waals surface area contributed by atoms with Crippen molar-refractivity contribution in [1.29, 1.82) is 0 Å². The van der Waals surface area contributed by atoms with E-state index < -0.39 is 0 Å². The summed E-state index contributed by atoms with van der Waals surface area (Å²) in [7, 11) is 0. The van der Waals surface area contributed by atoms with Crippen molar-refractivity contribution in [2.24, 2.45) is 0 Å². The molecule has 0 aliphatic heterocycles. The predicted molar refractivity (Wildman–Crippen MR) is 55.9 cm³/mol. The molecule has 0 saturated carbocycles. The lowest BCUT2D eigenvalue weighted by Crippen LogP contribution is -1.87. The molecule has 0 radical (unpaired) electrons. The minimum absolute atomic E-state index is 0.564. The first-order chi connectivity index (χ1) is 7.34. The number of fused-ring (bicyclic) bond motifs is 1. The number of imidazole rings is 1. The lowest BCUT2D eigenvalue weighted by atomic mass is 10.4. The standard InChI is InChI=1S/C9H8N6/c10-5-4-12-15-7(5)9-13-6-2-1-3-11-8(6)14-9/h1-4H,10H2,(H,12,15)(H,11,13,14). The summed E-state index contributed by atoms with van der Waals surface area (Å²) < 4.78 is 0. The van der Waals surface area contributed by atoms with E-state index >= 15 is 0 Å². The molecule has 6 nitrogen and oxygen atoms in total. The predicted octanol–water partition coefficient (Wildman–Crippen LogP) is 0.930. The minimum atomic E-state index is 0.564. The summed E-state index contributed by atoms with van der Waals surface area (Å²) in [6.45, 7) is 0. The maximum absolute atomic E-state index is 5.72. The van der Waals surface area contributed by atoms with Crippen LogP contribution >= 0.6 is 0 Å². The van der Waals surface area contributed by atoms with Crippen molar-refractivity contribution < 1.29 is 0 Å². The molecule has 0 spiro atoms. The number of nitrogens with one attached hydrogen (secondary N) is 2. The zero-order valence-corrected chi connectivity index (χ0v) is 7.73. The Morgan fingerprint density at radius 2 is 2.27 bits per heavy atom. The van der Waals surface area contributed by atoms with Gasteiger partial charge >= 0.3 is 0 Å². The summed E-state index contributed by atoms with van der Waals surface area (Å²) in [6, 6.07) is 3.76. The van der Waals surface area contributed by atoms with Gasteiger partial charge in [-0.05, 0) is 12.1 Å². The molecule has 0 saturated heterocycles. The lowest BCUT2D eigenvalue weighted by molar-refractivity contribution is 1.08. The van der Waals surface area contributed by atoms with E-state index in [1.165, 1.54) is 0 Å². The molecule has 0 fully saturated rings. The highest BCUT2D eigenvalue weighted by atomic mass is 15.1. The normalized spacial score (nSPS) is 10.9. The number of H-pyrrole nitrogens is 2. The van der Waals surface area contributed by atoms with Crippen LogP contribution in [0.3, 0.4) is 0 Å². The average molecular weight is 200 g/mol. The summed E-state index contributed by atoms with van der Waals surface area (Å²) in [6.07, 6.45) is 3.25. The van der Waals surface area contributed by atoms with Crippen molar-refractivity contribution >= 4 is 16.9 Å². The Balaban J connectivity index is 2.24. The average Bonchev–Trinajstić information content (AvgIpc) is 2.82. The molecule has 4 N–H and O–H groups in total. The second-order valence-electron chi connectivity index (χ2n) is 3.16. The number of nitrogens with zero attached hydrogens (tertiary/aromatic N) is 3. The van der Waals surface area contributed by atoms with Gasteiger partial charge in [-0.3, -0.25) is 5.10 Å². The summed E-state index contributed by atoms with van der Waals surface area (Å²) in [5, 5.41) is 6.62. The van der Waals surface area contributed by atoms with Gasteiger partial charge in [0.25, 0.3) is 0 Å². The molecule has 3 heterocycles. The third-order valence-corrected chi connectivity index (χ3v) is 2.16. The van der Waals surface area contributed by atoms with Crippen LogP contribution in [0.2, 0.25) is 0 Å². The van der Waals surface area contributed by atoms with Gasteiger partial charge in [0.15, 0.2) is 11.5 Å². The highest BCUT2D eigenvalue weighted by molar-refractivity contribution is 5.77. The lowest BCUT2D eigenvalue weighted by Gasteiger charge is -1.90. The molecule has 74 valence electrons. The van der Waals surface area contributed by atoms with Crippen molar-refractivity contribution in [2.45, 2.75) is 0 Å². The van der Waals surface area contributed by atoms with Crippen molar-refractivity contribution in [3.8, 4) is 11.5 Å². The maximum Gasteiger partial charge on any atom is 0.178 e. The Morgan fingerprint density at radius 3 is 3.00 bits per heavy atom. The van der Waals surface area contributed by atoms with Crippen molar-refractivity contribution in [3.05, 3.63) is 24.5 Å². The van der Waals surface area contributed by atoms with Gasteiger partial charge in [-0.2, -0.15) is 5.10 Å². The molecular weight excluding hydrogens is 192 g/mol. The van der Waals surface area contributed by atoms with Crippen LogP contribution in [0.15, 0.2) is 24.5 Å². The van der Waals surface area contributed by atoms with Gasteiger partial charge in [0, 0.05) is 6.20 Å². The number of aromatic amines is 2. The highest BCUT2D eigenvalue weighted by Gasteiger charge is 2.09. The van der Waals surface area contributed by atoms with E-state index in [1.807, 2.05) is 12.1 Å². The molecule has 0 aromatic carbocycles. The first-order valence-corrected chi connectivity index (χ1v) is 4.44. The van der Waals surface area contributed by atoms with Gasteiger partial charge in [-0.15, -0.1) is 0 Å². The van der Waals surface area contributed by atoms with Crippen molar-refractivity contribution in [1.82, 2.24) is 25.1 Å². The van der Waals surface area contributed by atoms with Crippen LogP contribution in [-0.4, -0.2) is 25.1 Å². The largest absolute Gasteiger partial charge is 0.396 e. The van der Waals surface area contributed by atoms with Crippen LogP contribution in [0.1, 0.15) is 0 Å². The van der Waals surface area contributed by atoms with Crippen molar-refractivity contribution in [2.75, 3.05) is 5.73 Å². The first-order valence-electron chi connectivity index (χ1n) is 4.44. The smallest absolute Gasteiger partial charge is 0.178 e. The SMILES string of the molecule is Nc1cn[nH]c1-c1nc2ncccc2[nH]1. The molecule has 15 heavy (non-hydrogen) atoms.